The molecule has 1 atom stereocenters. The Morgan fingerprint density at radius 3 is 2.56 bits per heavy atom. The fraction of sp³-hybridized carbons (Fsp3) is 0.214. The van der Waals surface area contributed by atoms with Gasteiger partial charge in [0.2, 0.25) is 0 Å². The summed E-state index contributed by atoms with van der Waals surface area (Å²) in [5, 5.41) is 0. The second-order valence-electron chi connectivity index (χ2n) is 3.95. The molecule has 0 amide bonds. The van der Waals surface area contributed by atoms with Crippen LogP contribution >= 0.6 is 11.8 Å². The van der Waals surface area contributed by atoms with E-state index in [9.17, 15) is 0 Å². The van der Waals surface area contributed by atoms with E-state index in [4.69, 9.17) is 10.5 Å². The Hall–Kier alpha value is -1.52. The lowest BCUT2D eigenvalue weighted by Gasteiger charge is -2.16. The minimum atomic E-state index is -0.0644. The third kappa shape index (κ3) is 2.83. The van der Waals surface area contributed by atoms with Gasteiger partial charge in [0.1, 0.15) is 5.75 Å². The molecule has 0 radical (unpaired) electrons. The first-order valence-corrected chi connectivity index (χ1v) is 6.54. The van der Waals surface area contributed by atoms with E-state index in [2.05, 4.69) is 11.1 Å². The smallest absolute Gasteiger partial charge is 0.124 e. The van der Waals surface area contributed by atoms with E-state index in [-0.39, 0.29) is 6.04 Å². The number of pyridine rings is 1. The molecule has 0 aliphatic heterocycles. The molecule has 0 spiro atoms. The topological polar surface area (TPSA) is 48.1 Å². The van der Waals surface area contributed by atoms with Gasteiger partial charge in [-0.15, -0.1) is 0 Å². The molecule has 2 rings (SSSR count). The van der Waals surface area contributed by atoms with Gasteiger partial charge in [-0.25, -0.2) is 0 Å². The van der Waals surface area contributed by atoms with Crippen LogP contribution in [0.2, 0.25) is 0 Å². The summed E-state index contributed by atoms with van der Waals surface area (Å²) in [6.45, 7) is 1.97. The number of rotatable bonds is 4. The number of hydrogen-bond acceptors (Lipinski definition) is 4. The van der Waals surface area contributed by atoms with Crippen LogP contribution in [0.4, 0.5) is 0 Å². The van der Waals surface area contributed by atoms with Crippen molar-refractivity contribution in [1.29, 1.82) is 0 Å². The molecule has 1 heterocycles. The molecule has 0 saturated carbocycles. The molecule has 1 aromatic heterocycles. The molecule has 0 aliphatic rings. The molecule has 18 heavy (non-hydrogen) atoms. The number of ether oxygens (including phenoxy) is 1. The lowest BCUT2D eigenvalue weighted by Crippen LogP contribution is -2.08. The van der Waals surface area contributed by atoms with Crippen molar-refractivity contribution in [1.82, 2.24) is 4.98 Å². The van der Waals surface area contributed by atoms with Crippen LogP contribution in [0.15, 0.2) is 52.5 Å². The van der Waals surface area contributed by atoms with Crippen LogP contribution in [0.3, 0.4) is 0 Å². The Morgan fingerprint density at radius 2 is 1.94 bits per heavy atom. The molecule has 2 aromatic rings. The summed E-state index contributed by atoms with van der Waals surface area (Å²) in [6.07, 6.45) is 3.57. The Labute approximate surface area is 111 Å². The Kier molecular flexibility index (Phi) is 4.23. The number of aromatic nitrogens is 1. The third-order valence-electron chi connectivity index (χ3n) is 2.58. The van der Waals surface area contributed by atoms with E-state index in [1.165, 1.54) is 0 Å². The Bertz CT molecular complexity index is 514. The predicted octanol–water partition coefficient (Wildman–Crippen LogP) is 3.26. The number of nitrogens with two attached hydrogens (primary N) is 1. The maximum absolute atomic E-state index is 6.04. The number of hydrogen-bond donors (Lipinski definition) is 1. The Balaban J connectivity index is 2.38. The van der Waals surface area contributed by atoms with Crippen LogP contribution in [0, 0.1) is 0 Å². The molecule has 0 fully saturated rings. The Morgan fingerprint density at radius 1 is 1.22 bits per heavy atom. The maximum Gasteiger partial charge on any atom is 0.124 e. The van der Waals surface area contributed by atoms with E-state index < -0.39 is 0 Å². The van der Waals surface area contributed by atoms with Crippen LogP contribution < -0.4 is 10.5 Å². The summed E-state index contributed by atoms with van der Waals surface area (Å²) in [6, 6.07) is 9.88. The summed E-state index contributed by atoms with van der Waals surface area (Å²) in [4.78, 5) is 6.28. The van der Waals surface area contributed by atoms with E-state index >= 15 is 0 Å². The summed E-state index contributed by atoms with van der Waals surface area (Å²) in [5.41, 5.74) is 7.08. The van der Waals surface area contributed by atoms with Gasteiger partial charge in [-0.1, -0.05) is 17.8 Å². The number of methoxy groups -OCH3 is 1. The van der Waals surface area contributed by atoms with Gasteiger partial charge in [-0.3, -0.25) is 4.98 Å². The summed E-state index contributed by atoms with van der Waals surface area (Å²) in [7, 11) is 1.67. The zero-order valence-electron chi connectivity index (χ0n) is 10.5. The van der Waals surface area contributed by atoms with Gasteiger partial charge in [0.25, 0.3) is 0 Å². The van der Waals surface area contributed by atoms with Gasteiger partial charge in [0.05, 0.1) is 7.11 Å². The molecule has 94 valence electrons. The van der Waals surface area contributed by atoms with Crippen molar-refractivity contribution in [3.8, 4) is 5.75 Å². The average molecular weight is 260 g/mol. The molecular weight excluding hydrogens is 244 g/mol. The van der Waals surface area contributed by atoms with Gasteiger partial charge in [0.15, 0.2) is 0 Å². The summed E-state index contributed by atoms with van der Waals surface area (Å²) < 4.78 is 5.38. The SMILES string of the molecule is COc1cccc(Sc2ccncc2)c1C(C)N. The standard InChI is InChI=1S/C14H16N2OS/c1-10(15)14-12(17-2)4-3-5-13(14)18-11-6-8-16-9-7-11/h3-10H,15H2,1-2H3. The van der Waals surface area contributed by atoms with Gasteiger partial charge < -0.3 is 10.5 Å². The van der Waals surface area contributed by atoms with Gasteiger partial charge in [-0.05, 0) is 31.2 Å². The molecule has 2 N–H and O–H groups in total. The number of nitrogens with zero attached hydrogens (tertiary/aromatic N) is 1. The van der Waals surface area contributed by atoms with E-state index in [0.717, 1.165) is 21.1 Å². The van der Waals surface area contributed by atoms with Crippen molar-refractivity contribution in [2.45, 2.75) is 22.8 Å². The van der Waals surface area contributed by atoms with E-state index in [0.29, 0.717) is 0 Å². The molecule has 4 heteroatoms. The van der Waals surface area contributed by atoms with Crippen LogP contribution in [-0.2, 0) is 0 Å². The van der Waals surface area contributed by atoms with Crippen molar-refractivity contribution in [2.75, 3.05) is 7.11 Å². The molecule has 3 nitrogen and oxygen atoms in total. The first-order chi connectivity index (χ1) is 8.72. The lowest BCUT2D eigenvalue weighted by molar-refractivity contribution is 0.405. The van der Waals surface area contributed by atoms with Gasteiger partial charge >= 0.3 is 0 Å². The van der Waals surface area contributed by atoms with Crippen LogP contribution in [-0.4, -0.2) is 12.1 Å². The second-order valence-corrected chi connectivity index (χ2v) is 5.06. The van der Waals surface area contributed by atoms with Crippen molar-refractivity contribution < 1.29 is 4.74 Å². The molecular formula is C14H16N2OS. The minimum Gasteiger partial charge on any atom is -0.496 e. The molecule has 0 bridgehead atoms. The van der Waals surface area contributed by atoms with Crippen LogP contribution in [0.1, 0.15) is 18.5 Å². The highest BCUT2D eigenvalue weighted by Gasteiger charge is 2.13. The fourth-order valence-corrected chi connectivity index (χ4v) is 2.83. The number of benzene rings is 1. The first-order valence-electron chi connectivity index (χ1n) is 5.72. The highest BCUT2D eigenvalue weighted by atomic mass is 32.2. The van der Waals surface area contributed by atoms with Crippen LogP contribution in [0.25, 0.3) is 0 Å². The largest absolute Gasteiger partial charge is 0.496 e. The first kappa shape index (κ1) is 12.9. The molecule has 0 aliphatic carbocycles. The van der Waals surface area contributed by atoms with Gasteiger partial charge in [-0.2, -0.15) is 0 Å². The van der Waals surface area contributed by atoms with Crippen LogP contribution in [0.5, 0.6) is 5.75 Å². The van der Waals surface area contributed by atoms with Gasteiger partial charge in [0, 0.05) is 33.8 Å². The summed E-state index contributed by atoms with van der Waals surface area (Å²) in [5.74, 6) is 0.837. The monoisotopic (exact) mass is 260 g/mol. The molecule has 1 unspecified atom stereocenters. The zero-order chi connectivity index (χ0) is 13.0. The van der Waals surface area contributed by atoms with Crippen molar-refractivity contribution >= 4 is 11.8 Å². The molecule has 0 saturated heterocycles. The zero-order valence-corrected chi connectivity index (χ0v) is 11.3. The lowest BCUT2D eigenvalue weighted by atomic mass is 10.1. The van der Waals surface area contributed by atoms with Crippen molar-refractivity contribution in [3.63, 3.8) is 0 Å². The van der Waals surface area contributed by atoms with E-state index in [1.807, 2.05) is 31.2 Å². The molecule has 1 aromatic carbocycles. The quantitative estimate of drug-likeness (QED) is 0.916. The van der Waals surface area contributed by atoms with E-state index in [1.54, 1.807) is 31.3 Å². The maximum atomic E-state index is 6.04. The normalized spacial score (nSPS) is 12.2. The van der Waals surface area contributed by atoms with Crippen molar-refractivity contribution in [3.05, 3.63) is 48.3 Å². The predicted molar refractivity (Wildman–Crippen MR) is 74.0 cm³/mol. The fourth-order valence-electron chi connectivity index (χ4n) is 1.77. The average Bonchev–Trinajstić information content (AvgIpc) is 2.39. The third-order valence-corrected chi connectivity index (χ3v) is 3.66. The summed E-state index contributed by atoms with van der Waals surface area (Å²) >= 11 is 1.67. The second kappa shape index (κ2) is 5.89. The minimum absolute atomic E-state index is 0.0644. The van der Waals surface area contributed by atoms with Crippen molar-refractivity contribution in [2.24, 2.45) is 5.73 Å². The highest BCUT2D eigenvalue weighted by Crippen LogP contribution is 2.37. The highest BCUT2D eigenvalue weighted by molar-refractivity contribution is 7.99.